The fourth-order valence-electron chi connectivity index (χ4n) is 15.4. The molecular formula is C99H131N13O16S3. The van der Waals surface area contributed by atoms with Crippen molar-refractivity contribution in [1.82, 2.24) is 61.3 Å². The number of ether oxygens (including phenoxy) is 4. The minimum absolute atomic E-state index is 0.0126. The van der Waals surface area contributed by atoms with Crippen LogP contribution in [0.25, 0.3) is 0 Å². The van der Waals surface area contributed by atoms with Crippen molar-refractivity contribution in [2.24, 2.45) is 17.8 Å². The van der Waals surface area contributed by atoms with E-state index in [0.29, 0.717) is 88.7 Å². The van der Waals surface area contributed by atoms with Crippen LogP contribution in [0.15, 0.2) is 216 Å². The van der Waals surface area contributed by atoms with Crippen LogP contribution in [-0.4, -0.2) is 210 Å². The van der Waals surface area contributed by atoms with Crippen LogP contribution in [-0.2, 0) is 83.9 Å². The van der Waals surface area contributed by atoms with E-state index in [0.717, 1.165) is 60.9 Å². The van der Waals surface area contributed by atoms with E-state index in [-0.39, 0.29) is 97.7 Å². The molecule has 4 heterocycles. The lowest BCUT2D eigenvalue weighted by molar-refractivity contribution is -0.128. The third-order valence-electron chi connectivity index (χ3n) is 22.2. The summed E-state index contributed by atoms with van der Waals surface area (Å²) in [5, 5.41) is 58.2. The number of sulfonamides is 1. The molecule has 2 aliphatic heterocycles. The zero-order valence-corrected chi connectivity index (χ0v) is 79.2. The van der Waals surface area contributed by atoms with Gasteiger partial charge >= 0.3 is 24.2 Å². The van der Waals surface area contributed by atoms with Gasteiger partial charge in [-0.15, -0.1) is 22.7 Å². The molecule has 0 bridgehead atoms. The van der Waals surface area contributed by atoms with Crippen molar-refractivity contribution in [3.05, 3.63) is 266 Å². The molecule has 11 atom stereocenters. The Balaban J connectivity index is 0.000000225. The van der Waals surface area contributed by atoms with Crippen molar-refractivity contribution in [3.8, 4) is 5.75 Å². The van der Waals surface area contributed by atoms with E-state index in [4.69, 9.17) is 24.7 Å². The number of nitrogens with zero attached hydrogens (tertiary/aromatic N) is 5. The normalized spacial score (nSPS) is 15.5. The standard InChI is InChI=1S/C37H48N6O5S2.C37H48N4O5.C25H35N3O6S/c1-24(2)33(42-36(46)43(5)20-29-22-49-35(40-29)25(3)4)34(45)39-28(16-26-12-8-6-9-13-26)18-32(44)31(17-27-14-10-7-11-15-27)41-37(47)48-21-30-19-38-23-50-30;1-25(2)34(41-20-12-19-38-37(41)45)36(44)39-30(21-28-15-7-5-8-16-28)23-32(42)31(22-29-17-9-6-10-18-29)40-33(43)24-46-35-26(3)13-11-14-27(35)4;1-18(2)15-28(35(31,32)22-10-8-20(26)9-11-22)16-24(29)23(14-19-6-4-3-5-7-19)27-25(30)34-21-12-13-33-17-21/h6-15,19,22-25,28,31-33,44H,16-18,20-21H2,1-5H3,(H,39,45)(H,41,47)(H,42,46);5-11,13-18,25,30-32,34,42H,12,19-24H2,1-4H3,(H,38,45)(H,39,44)(H,40,43);3-11,18,21,23-24,29H,12-17,26H2,1-2H3,(H,27,30). The van der Waals surface area contributed by atoms with E-state index in [9.17, 15) is 57.3 Å². The van der Waals surface area contributed by atoms with Crippen LogP contribution in [0.5, 0.6) is 5.75 Å². The second-order valence-corrected chi connectivity index (χ2v) is 38.6. The molecular weight excluding hydrogens is 1720 g/mol. The van der Waals surface area contributed by atoms with Crippen LogP contribution in [0.4, 0.5) is 24.9 Å². The fraction of sp³-hybridized carbons (Fsp3) is 0.444. The van der Waals surface area contributed by atoms with Crippen molar-refractivity contribution in [1.29, 1.82) is 0 Å². The van der Waals surface area contributed by atoms with Gasteiger partial charge in [0.25, 0.3) is 5.91 Å². The number of hydrogen-bond acceptors (Lipinski definition) is 21. The number of amides is 9. The third-order valence-corrected chi connectivity index (χ3v) is 26.0. The van der Waals surface area contributed by atoms with Crippen molar-refractivity contribution in [2.75, 3.05) is 58.8 Å². The number of benzene rings is 7. The number of carbonyl (C=O) groups is 7. The first-order valence-corrected chi connectivity index (χ1v) is 48.0. The molecule has 0 saturated carbocycles. The van der Waals surface area contributed by atoms with Gasteiger partial charge in [0.2, 0.25) is 21.8 Å². The highest BCUT2D eigenvalue weighted by Crippen LogP contribution is 2.27. The Bertz CT molecular complexity index is 5060. The molecule has 2 saturated heterocycles. The average molecular weight is 1860 g/mol. The minimum Gasteiger partial charge on any atom is -0.483 e. The summed E-state index contributed by atoms with van der Waals surface area (Å²) in [6, 6.07) is 54.6. The number of para-hydroxylation sites is 1. The predicted molar refractivity (Wildman–Crippen MR) is 510 cm³/mol. The molecule has 11 rings (SSSR count). The van der Waals surface area contributed by atoms with Crippen LogP contribution in [0.2, 0.25) is 0 Å². The summed E-state index contributed by atoms with van der Waals surface area (Å²) in [7, 11) is -2.23. The van der Waals surface area contributed by atoms with Gasteiger partial charge in [-0.25, -0.2) is 32.6 Å². The highest BCUT2D eigenvalue weighted by molar-refractivity contribution is 7.89. The minimum atomic E-state index is -3.90. The van der Waals surface area contributed by atoms with Crippen LogP contribution >= 0.6 is 22.7 Å². The molecule has 11 unspecified atom stereocenters. The van der Waals surface area contributed by atoms with E-state index in [1.54, 1.807) is 35.0 Å². The maximum Gasteiger partial charge on any atom is 0.407 e. The number of aliphatic hydroxyl groups excluding tert-OH is 3. The predicted octanol–water partition coefficient (Wildman–Crippen LogP) is 12.6. The molecule has 131 heavy (non-hydrogen) atoms. The number of carbonyl (C=O) groups excluding carboxylic acids is 7. The Morgan fingerprint density at radius 2 is 1.12 bits per heavy atom. The van der Waals surface area contributed by atoms with Gasteiger partial charge in [0, 0.05) is 74.9 Å². The van der Waals surface area contributed by atoms with E-state index < -0.39 is 82.8 Å². The molecule has 2 aromatic heterocycles. The van der Waals surface area contributed by atoms with Crippen LogP contribution < -0.4 is 47.7 Å². The highest BCUT2D eigenvalue weighted by atomic mass is 32.2. The molecule has 2 aliphatic rings. The monoisotopic (exact) mass is 1850 g/mol. The van der Waals surface area contributed by atoms with Crippen molar-refractivity contribution in [3.63, 3.8) is 0 Å². The second kappa shape index (κ2) is 52.6. The van der Waals surface area contributed by atoms with E-state index in [2.05, 4.69) is 61.0 Å². The van der Waals surface area contributed by atoms with Gasteiger partial charge in [0.15, 0.2) is 6.61 Å². The Morgan fingerprint density at radius 1 is 0.611 bits per heavy atom. The van der Waals surface area contributed by atoms with E-state index in [1.807, 2.05) is 231 Å². The number of alkyl carbamates (subject to hydrolysis) is 2. The topological polar surface area (TPSA) is 397 Å². The quantitative estimate of drug-likeness (QED) is 0.0158. The maximum absolute atomic E-state index is 13.9. The van der Waals surface area contributed by atoms with Crippen LogP contribution in [0.1, 0.15) is 142 Å². The number of thiazole rings is 2. The molecule has 32 heteroatoms. The van der Waals surface area contributed by atoms with Crippen LogP contribution in [0, 0.1) is 31.6 Å². The lowest BCUT2D eigenvalue weighted by atomic mass is 9.92. The number of nitrogens with one attached hydrogen (secondary N) is 7. The molecule has 706 valence electrons. The molecule has 2 fully saturated rings. The lowest BCUT2D eigenvalue weighted by Gasteiger charge is -2.37. The Kier molecular flexibility index (Phi) is 41.5. The van der Waals surface area contributed by atoms with Gasteiger partial charge in [-0.05, 0) is 146 Å². The number of nitrogens with two attached hydrogens (primary N) is 1. The van der Waals surface area contributed by atoms with Gasteiger partial charge in [0.05, 0.1) is 82.2 Å². The number of rotatable bonds is 43. The molecule has 9 amide bonds. The van der Waals surface area contributed by atoms with Crippen molar-refractivity contribution >= 4 is 80.4 Å². The maximum atomic E-state index is 13.9. The zero-order chi connectivity index (χ0) is 94.5. The summed E-state index contributed by atoms with van der Waals surface area (Å²) in [5.41, 5.74) is 15.3. The summed E-state index contributed by atoms with van der Waals surface area (Å²) in [5.74, 6) is -0.313. The smallest absolute Gasteiger partial charge is 0.407 e. The number of anilines is 1. The van der Waals surface area contributed by atoms with Gasteiger partial charge in [-0.3, -0.25) is 19.4 Å². The first-order chi connectivity index (χ1) is 62.7. The Hall–Kier alpha value is -11.4. The molecule has 12 N–H and O–H groups in total. The summed E-state index contributed by atoms with van der Waals surface area (Å²) in [6.45, 7) is 21.6. The number of urea groups is 2. The number of nitrogen functional groups attached to an aromatic ring is 1. The summed E-state index contributed by atoms with van der Waals surface area (Å²) >= 11 is 2.95. The number of aliphatic hydroxyl groups is 3. The van der Waals surface area contributed by atoms with Gasteiger partial charge in [-0.2, -0.15) is 4.31 Å². The molecule has 9 aromatic rings. The molecule has 0 radical (unpaired) electrons. The van der Waals surface area contributed by atoms with Gasteiger partial charge in [0.1, 0.15) is 30.5 Å². The van der Waals surface area contributed by atoms with Crippen molar-refractivity contribution < 1.29 is 76.2 Å². The first-order valence-electron chi connectivity index (χ1n) is 44.8. The SMILES string of the molecule is CC(C)CN(CC(O)C(Cc1ccccc1)NC(=O)OC1CCOC1)S(=O)(=O)c1ccc(N)cc1.CC(C)c1nc(CN(C)C(=O)NC(C(=O)NC(Cc2ccccc2)CC(O)C(Cc2ccccc2)NC(=O)OCc2cncs2)C(C)C)cs1.Cc1cccc(C)c1OCC(=O)NC(Cc1ccccc1)C(O)CC(Cc1ccccc1)NC(=O)C(C(C)C)N1CCCNC1=O. The summed E-state index contributed by atoms with van der Waals surface area (Å²) < 4.78 is 50.0. The third kappa shape index (κ3) is 34.4. The number of aryl methyl sites for hydroxylation is 2. The molecule has 7 aromatic carbocycles. The second-order valence-electron chi connectivity index (χ2n) is 34.8. The van der Waals surface area contributed by atoms with Crippen LogP contribution in [0.3, 0.4) is 0 Å². The summed E-state index contributed by atoms with van der Waals surface area (Å²) in [6.07, 6.45) is 0.382. The largest absolute Gasteiger partial charge is 0.483 e. The zero-order valence-electron chi connectivity index (χ0n) is 76.8. The Morgan fingerprint density at radius 3 is 1.60 bits per heavy atom. The number of hydrogen-bond donors (Lipinski definition) is 11. The molecule has 0 aliphatic carbocycles. The highest BCUT2D eigenvalue weighted by Gasteiger charge is 2.38. The first kappa shape index (κ1) is 103. The van der Waals surface area contributed by atoms with E-state index in [1.165, 1.54) is 44.8 Å². The van der Waals surface area contributed by atoms with Gasteiger partial charge in [-0.1, -0.05) is 225 Å². The Labute approximate surface area is 778 Å². The fourth-order valence-corrected chi connectivity index (χ4v) is 18.4. The average Bonchev–Trinajstić information content (AvgIpc) is 1.19. The summed E-state index contributed by atoms with van der Waals surface area (Å²) in [4.78, 5) is 105. The number of aromatic nitrogens is 2. The molecule has 0 spiro atoms. The van der Waals surface area contributed by atoms with E-state index >= 15 is 0 Å². The lowest BCUT2D eigenvalue weighted by Crippen LogP contribution is -2.59. The van der Waals surface area contributed by atoms with Crippen molar-refractivity contribution in [2.45, 2.75) is 218 Å². The van der Waals surface area contributed by atoms with Gasteiger partial charge < -0.3 is 87.0 Å². The molecule has 29 nitrogen and oxygen atoms in total.